The van der Waals surface area contributed by atoms with Crippen molar-refractivity contribution in [3.05, 3.63) is 34.9 Å². The van der Waals surface area contributed by atoms with Crippen LogP contribution < -0.4 is 5.32 Å². The summed E-state index contributed by atoms with van der Waals surface area (Å²) < 4.78 is 0. The molecule has 1 aromatic rings. The van der Waals surface area contributed by atoms with Gasteiger partial charge < -0.3 is 15.1 Å². The van der Waals surface area contributed by atoms with Gasteiger partial charge in [-0.3, -0.25) is 9.59 Å². The molecule has 5 nitrogen and oxygen atoms in total. The molecule has 0 atom stereocenters. The quantitative estimate of drug-likeness (QED) is 0.906. The van der Waals surface area contributed by atoms with E-state index in [4.69, 9.17) is 11.6 Å². The highest BCUT2D eigenvalue weighted by Crippen LogP contribution is 2.14. The van der Waals surface area contributed by atoms with Crippen LogP contribution in [-0.4, -0.2) is 61.4 Å². The third kappa shape index (κ3) is 4.87. The van der Waals surface area contributed by atoms with Crippen molar-refractivity contribution in [2.45, 2.75) is 6.42 Å². The van der Waals surface area contributed by atoms with E-state index in [2.05, 4.69) is 5.32 Å². The van der Waals surface area contributed by atoms with Crippen molar-refractivity contribution in [2.75, 3.05) is 39.8 Å². The molecule has 1 heterocycles. The molecule has 1 aromatic carbocycles. The van der Waals surface area contributed by atoms with Gasteiger partial charge in [-0.15, -0.1) is 12.4 Å². The molecule has 0 spiro atoms. The number of nitrogens with zero attached hydrogens (tertiary/aromatic N) is 2. The number of amides is 2. The number of carbonyl (C=O) groups excluding carboxylic acids is 2. The number of halogens is 2. The zero-order valence-electron chi connectivity index (χ0n) is 12.5. The minimum absolute atomic E-state index is 0. The summed E-state index contributed by atoms with van der Waals surface area (Å²) >= 11 is 5.93. The third-order valence-electron chi connectivity index (χ3n) is 3.54. The van der Waals surface area contributed by atoms with Crippen LogP contribution in [0.15, 0.2) is 24.3 Å². The summed E-state index contributed by atoms with van der Waals surface area (Å²) in [6.07, 6.45) is 0.793. The lowest BCUT2D eigenvalue weighted by atomic mass is 10.2. The summed E-state index contributed by atoms with van der Waals surface area (Å²) in [4.78, 5) is 27.9. The van der Waals surface area contributed by atoms with Gasteiger partial charge in [-0.1, -0.05) is 17.7 Å². The molecule has 22 heavy (non-hydrogen) atoms. The Morgan fingerprint density at radius 3 is 2.55 bits per heavy atom. The topological polar surface area (TPSA) is 52.7 Å². The maximum atomic E-state index is 12.5. The minimum atomic E-state index is -0.0274. The summed E-state index contributed by atoms with van der Waals surface area (Å²) in [5.41, 5.74) is 0.595. The van der Waals surface area contributed by atoms with Crippen LogP contribution in [0.5, 0.6) is 0 Å². The highest BCUT2D eigenvalue weighted by Gasteiger charge is 2.22. The van der Waals surface area contributed by atoms with Crippen LogP contribution in [0.1, 0.15) is 16.8 Å². The van der Waals surface area contributed by atoms with Gasteiger partial charge in [0.25, 0.3) is 5.91 Å². The van der Waals surface area contributed by atoms with E-state index in [1.807, 2.05) is 4.90 Å². The number of rotatable bonds is 3. The summed E-state index contributed by atoms with van der Waals surface area (Å²) in [5, 5.41) is 3.42. The SMILES string of the molecule is CNCC(=O)N1CCCN(C(=O)c2cccc(Cl)c2)CC1.Cl. The fraction of sp³-hybridized carbons (Fsp3) is 0.467. The lowest BCUT2D eigenvalue weighted by molar-refractivity contribution is -0.130. The maximum Gasteiger partial charge on any atom is 0.253 e. The molecule has 1 fully saturated rings. The standard InChI is InChI=1S/C15H20ClN3O2.ClH/c1-17-11-14(20)18-6-3-7-19(9-8-18)15(21)12-4-2-5-13(16)10-12;/h2,4-5,10,17H,3,6-9,11H2,1H3;1H. The Hall–Kier alpha value is -1.30. The highest BCUT2D eigenvalue weighted by molar-refractivity contribution is 6.30. The number of carbonyl (C=O) groups is 2. The Morgan fingerprint density at radius 2 is 1.86 bits per heavy atom. The molecule has 2 rings (SSSR count). The normalized spacial score (nSPS) is 15.0. The zero-order valence-corrected chi connectivity index (χ0v) is 14.1. The number of hydrogen-bond acceptors (Lipinski definition) is 3. The number of hydrogen-bond donors (Lipinski definition) is 1. The van der Waals surface area contributed by atoms with E-state index in [1.54, 1.807) is 36.2 Å². The summed E-state index contributed by atoms with van der Waals surface area (Å²) in [5.74, 6) is 0.0509. The predicted octanol–water partition coefficient (Wildman–Crippen LogP) is 1.66. The number of nitrogens with one attached hydrogen (secondary N) is 1. The van der Waals surface area contributed by atoms with Crippen LogP contribution in [0.4, 0.5) is 0 Å². The summed E-state index contributed by atoms with van der Waals surface area (Å²) in [7, 11) is 1.75. The molecule has 1 N–H and O–H groups in total. The number of likely N-dealkylation sites (N-methyl/N-ethyl adjacent to an activating group) is 1. The molecule has 0 bridgehead atoms. The van der Waals surface area contributed by atoms with Crippen molar-refractivity contribution >= 4 is 35.8 Å². The lowest BCUT2D eigenvalue weighted by Crippen LogP contribution is -2.40. The van der Waals surface area contributed by atoms with Crippen molar-refractivity contribution in [3.8, 4) is 0 Å². The van der Waals surface area contributed by atoms with Gasteiger partial charge in [-0.05, 0) is 31.7 Å². The molecule has 0 saturated carbocycles. The predicted molar refractivity (Wildman–Crippen MR) is 89.7 cm³/mol. The zero-order chi connectivity index (χ0) is 15.2. The first-order chi connectivity index (χ1) is 10.1. The van der Waals surface area contributed by atoms with Gasteiger partial charge in [0.2, 0.25) is 5.91 Å². The van der Waals surface area contributed by atoms with Gasteiger partial charge in [0.15, 0.2) is 0 Å². The average molecular weight is 346 g/mol. The lowest BCUT2D eigenvalue weighted by Gasteiger charge is -2.22. The van der Waals surface area contributed by atoms with Crippen LogP contribution in [0.2, 0.25) is 5.02 Å². The fourth-order valence-corrected chi connectivity index (χ4v) is 2.63. The molecule has 1 aliphatic rings. The van der Waals surface area contributed by atoms with Gasteiger partial charge in [-0.25, -0.2) is 0 Å². The van der Waals surface area contributed by atoms with Crippen LogP contribution in [-0.2, 0) is 4.79 Å². The van der Waals surface area contributed by atoms with Gasteiger partial charge in [0.05, 0.1) is 6.54 Å². The number of benzene rings is 1. The molecule has 1 saturated heterocycles. The van der Waals surface area contributed by atoms with E-state index in [1.165, 1.54) is 0 Å². The molecule has 1 aliphatic heterocycles. The Labute approximate surface area is 142 Å². The smallest absolute Gasteiger partial charge is 0.253 e. The monoisotopic (exact) mass is 345 g/mol. The van der Waals surface area contributed by atoms with Gasteiger partial charge in [0, 0.05) is 36.8 Å². The van der Waals surface area contributed by atoms with E-state index < -0.39 is 0 Å². The highest BCUT2D eigenvalue weighted by atomic mass is 35.5. The largest absolute Gasteiger partial charge is 0.340 e. The van der Waals surface area contributed by atoms with Gasteiger partial charge in [-0.2, -0.15) is 0 Å². The molecule has 7 heteroatoms. The Kier molecular flexibility index (Phi) is 7.65. The average Bonchev–Trinajstić information content (AvgIpc) is 2.72. The van der Waals surface area contributed by atoms with Crippen molar-refractivity contribution in [2.24, 2.45) is 0 Å². The van der Waals surface area contributed by atoms with Crippen molar-refractivity contribution < 1.29 is 9.59 Å². The molecule has 0 aliphatic carbocycles. The first-order valence-corrected chi connectivity index (χ1v) is 7.47. The van der Waals surface area contributed by atoms with Crippen LogP contribution in [0.3, 0.4) is 0 Å². The second-order valence-electron chi connectivity index (χ2n) is 5.07. The molecule has 2 amide bonds. The third-order valence-corrected chi connectivity index (χ3v) is 3.77. The van der Waals surface area contributed by atoms with E-state index in [0.717, 1.165) is 6.42 Å². The first kappa shape index (κ1) is 18.7. The van der Waals surface area contributed by atoms with Gasteiger partial charge in [0.1, 0.15) is 0 Å². The molecular weight excluding hydrogens is 325 g/mol. The Balaban J connectivity index is 0.00000242. The second-order valence-corrected chi connectivity index (χ2v) is 5.50. The van der Waals surface area contributed by atoms with Crippen molar-refractivity contribution in [1.82, 2.24) is 15.1 Å². The van der Waals surface area contributed by atoms with E-state index in [-0.39, 0.29) is 24.2 Å². The summed E-state index contributed by atoms with van der Waals surface area (Å²) in [6.45, 7) is 2.82. The molecule has 0 unspecified atom stereocenters. The van der Waals surface area contributed by atoms with Crippen molar-refractivity contribution in [3.63, 3.8) is 0 Å². The van der Waals surface area contributed by atoms with Crippen LogP contribution in [0.25, 0.3) is 0 Å². The van der Waals surface area contributed by atoms with Gasteiger partial charge >= 0.3 is 0 Å². The first-order valence-electron chi connectivity index (χ1n) is 7.09. The fourth-order valence-electron chi connectivity index (χ4n) is 2.44. The maximum absolute atomic E-state index is 12.5. The van der Waals surface area contributed by atoms with E-state index in [9.17, 15) is 9.59 Å². The van der Waals surface area contributed by atoms with Crippen molar-refractivity contribution in [1.29, 1.82) is 0 Å². The van der Waals surface area contributed by atoms with E-state index in [0.29, 0.717) is 43.3 Å². The Morgan fingerprint density at radius 1 is 1.18 bits per heavy atom. The van der Waals surface area contributed by atoms with Crippen LogP contribution in [0, 0.1) is 0 Å². The molecule has 0 aromatic heterocycles. The van der Waals surface area contributed by atoms with E-state index >= 15 is 0 Å². The second kappa shape index (κ2) is 8.98. The molecule has 0 radical (unpaired) electrons. The van der Waals surface area contributed by atoms with Crippen LogP contribution >= 0.6 is 24.0 Å². The summed E-state index contributed by atoms with van der Waals surface area (Å²) in [6, 6.07) is 6.97. The molecule has 122 valence electrons. The molecular formula is C15H21Cl2N3O2. The Bertz CT molecular complexity index is 525. The minimum Gasteiger partial charge on any atom is -0.340 e.